The number of aliphatic hydroxyl groups excluding tert-OH is 1. The lowest BCUT2D eigenvalue weighted by atomic mass is 9.95. The molecule has 1 N–H and O–H groups in total. The van der Waals surface area contributed by atoms with Crippen molar-refractivity contribution in [2.75, 3.05) is 12.0 Å². The van der Waals surface area contributed by atoms with Gasteiger partial charge >= 0.3 is 5.91 Å². The van der Waals surface area contributed by atoms with E-state index < -0.39 is 17.7 Å². The third kappa shape index (κ3) is 3.67. The number of Topliss-reactive ketones (excluding diaryl/α,β-unsaturated/α-hetero) is 1. The number of halogens is 1. The highest BCUT2D eigenvalue weighted by Gasteiger charge is 2.48. The second-order valence-corrected chi connectivity index (χ2v) is 9.16. The van der Waals surface area contributed by atoms with Gasteiger partial charge in [0.1, 0.15) is 11.5 Å². The highest BCUT2D eigenvalue weighted by atomic mass is 35.5. The lowest BCUT2D eigenvalue weighted by Gasteiger charge is -2.23. The van der Waals surface area contributed by atoms with Crippen molar-refractivity contribution in [1.82, 2.24) is 4.98 Å². The van der Waals surface area contributed by atoms with E-state index in [9.17, 15) is 14.7 Å². The molecule has 32 heavy (non-hydrogen) atoms. The molecule has 1 saturated heterocycles. The Morgan fingerprint density at radius 3 is 2.38 bits per heavy atom. The standard InChI is InChI=1S/C24H21ClN2O4S/c1-12-5-7-15(8-6-12)20-19(21(28)16-9-10-18(31-4)17(25)11-16)22(29)23(30)27(20)24-26-13(2)14(3)32-24/h5-11,20,28H,1-4H3. The van der Waals surface area contributed by atoms with Gasteiger partial charge in [-0.3, -0.25) is 14.5 Å². The van der Waals surface area contributed by atoms with E-state index >= 15 is 0 Å². The summed E-state index contributed by atoms with van der Waals surface area (Å²) >= 11 is 7.57. The Kier molecular flexibility index (Phi) is 5.79. The molecule has 1 aliphatic rings. The van der Waals surface area contributed by atoms with Crippen LogP contribution in [0.5, 0.6) is 5.75 Å². The van der Waals surface area contributed by atoms with Crippen LogP contribution in [0.3, 0.4) is 0 Å². The molecular weight excluding hydrogens is 448 g/mol. The number of carbonyl (C=O) groups excluding carboxylic acids is 2. The Morgan fingerprint density at radius 2 is 1.81 bits per heavy atom. The summed E-state index contributed by atoms with van der Waals surface area (Å²) in [6.07, 6.45) is 0. The van der Waals surface area contributed by atoms with E-state index in [4.69, 9.17) is 16.3 Å². The average molecular weight is 469 g/mol. The van der Waals surface area contributed by atoms with E-state index in [2.05, 4.69) is 4.98 Å². The summed E-state index contributed by atoms with van der Waals surface area (Å²) in [6.45, 7) is 5.72. The Balaban J connectivity index is 1.94. The van der Waals surface area contributed by atoms with Crippen LogP contribution in [-0.2, 0) is 9.59 Å². The number of ketones is 1. The number of anilines is 1. The molecule has 1 amide bonds. The number of ether oxygens (including phenoxy) is 1. The molecule has 1 unspecified atom stereocenters. The molecule has 4 rings (SSSR count). The number of hydrogen-bond donors (Lipinski definition) is 1. The van der Waals surface area contributed by atoms with Gasteiger partial charge in [-0.25, -0.2) is 4.98 Å². The maximum absolute atomic E-state index is 13.2. The first-order chi connectivity index (χ1) is 15.2. The van der Waals surface area contributed by atoms with Gasteiger partial charge in [-0.05, 0) is 44.5 Å². The second kappa shape index (κ2) is 8.41. The van der Waals surface area contributed by atoms with E-state index in [0.717, 1.165) is 16.1 Å². The summed E-state index contributed by atoms with van der Waals surface area (Å²) in [5.74, 6) is -1.37. The van der Waals surface area contributed by atoms with Crippen molar-refractivity contribution >= 4 is 45.5 Å². The number of nitrogens with zero attached hydrogens (tertiary/aromatic N) is 2. The minimum Gasteiger partial charge on any atom is -0.507 e. The van der Waals surface area contributed by atoms with Gasteiger partial charge < -0.3 is 9.84 Å². The molecule has 0 bridgehead atoms. The highest BCUT2D eigenvalue weighted by molar-refractivity contribution is 7.16. The molecule has 2 aromatic carbocycles. The summed E-state index contributed by atoms with van der Waals surface area (Å²) in [6, 6.07) is 11.4. The topological polar surface area (TPSA) is 79.7 Å². The molecule has 3 aromatic rings. The number of aryl methyl sites for hydroxylation is 3. The first-order valence-electron chi connectivity index (χ1n) is 9.88. The molecule has 1 atom stereocenters. The zero-order valence-electron chi connectivity index (χ0n) is 18.0. The van der Waals surface area contributed by atoms with E-state index in [1.54, 1.807) is 12.1 Å². The molecule has 1 fully saturated rings. The second-order valence-electron chi connectivity index (χ2n) is 7.57. The Labute approximate surface area is 194 Å². The Bertz CT molecular complexity index is 1240. The fourth-order valence-corrected chi connectivity index (χ4v) is 4.82. The van der Waals surface area contributed by atoms with Crippen LogP contribution in [0.25, 0.3) is 5.76 Å². The van der Waals surface area contributed by atoms with E-state index in [1.165, 1.54) is 29.4 Å². The number of hydrogen-bond acceptors (Lipinski definition) is 6. The summed E-state index contributed by atoms with van der Waals surface area (Å²) in [5, 5.41) is 11.9. The van der Waals surface area contributed by atoms with Gasteiger partial charge in [0, 0.05) is 10.4 Å². The number of aromatic nitrogens is 1. The normalized spacial score (nSPS) is 17.8. The lowest BCUT2D eigenvalue weighted by Crippen LogP contribution is -2.29. The van der Waals surface area contributed by atoms with Gasteiger partial charge in [-0.15, -0.1) is 11.3 Å². The average Bonchev–Trinajstić information content (AvgIpc) is 3.23. The van der Waals surface area contributed by atoms with Crippen molar-refractivity contribution in [2.45, 2.75) is 26.8 Å². The van der Waals surface area contributed by atoms with E-state index in [0.29, 0.717) is 22.0 Å². The maximum atomic E-state index is 13.2. The van der Waals surface area contributed by atoms with Crippen molar-refractivity contribution < 1.29 is 19.4 Å². The van der Waals surface area contributed by atoms with Gasteiger partial charge in [0.25, 0.3) is 5.78 Å². The van der Waals surface area contributed by atoms with Gasteiger partial charge in [-0.2, -0.15) is 0 Å². The van der Waals surface area contributed by atoms with Crippen molar-refractivity contribution in [3.05, 3.63) is 80.3 Å². The van der Waals surface area contributed by atoms with Crippen molar-refractivity contribution in [3.8, 4) is 5.75 Å². The van der Waals surface area contributed by atoms with Crippen LogP contribution in [0.15, 0.2) is 48.0 Å². The molecule has 6 nitrogen and oxygen atoms in total. The fraction of sp³-hybridized carbons (Fsp3) is 0.208. The zero-order chi connectivity index (χ0) is 23.2. The number of thiazole rings is 1. The number of benzene rings is 2. The SMILES string of the molecule is COc1ccc(C(O)=C2C(=O)C(=O)N(c3nc(C)c(C)s3)C2c2ccc(C)cc2)cc1Cl. The fourth-order valence-electron chi connectivity index (χ4n) is 3.62. The quantitative estimate of drug-likeness (QED) is 0.317. The minimum absolute atomic E-state index is 0.00871. The smallest absolute Gasteiger partial charge is 0.301 e. The number of rotatable bonds is 4. The lowest BCUT2D eigenvalue weighted by molar-refractivity contribution is -0.132. The van der Waals surface area contributed by atoms with Crippen LogP contribution in [0, 0.1) is 20.8 Å². The number of carbonyl (C=O) groups is 2. The zero-order valence-corrected chi connectivity index (χ0v) is 19.5. The predicted molar refractivity (Wildman–Crippen MR) is 126 cm³/mol. The van der Waals surface area contributed by atoms with Gasteiger partial charge in [0.15, 0.2) is 5.13 Å². The third-order valence-corrected chi connectivity index (χ3v) is 6.85. The molecule has 164 valence electrons. The van der Waals surface area contributed by atoms with Gasteiger partial charge in [0.05, 0.1) is 29.4 Å². The van der Waals surface area contributed by atoms with Crippen LogP contribution in [0.4, 0.5) is 5.13 Å². The van der Waals surface area contributed by atoms with Crippen LogP contribution in [0.2, 0.25) is 5.02 Å². The first-order valence-corrected chi connectivity index (χ1v) is 11.1. The van der Waals surface area contributed by atoms with Gasteiger partial charge in [-0.1, -0.05) is 41.4 Å². The van der Waals surface area contributed by atoms with E-state index in [1.807, 2.05) is 45.0 Å². The molecule has 1 aliphatic heterocycles. The number of methoxy groups -OCH3 is 1. The first kappa shape index (κ1) is 22.0. The van der Waals surface area contributed by atoms with Crippen molar-refractivity contribution in [1.29, 1.82) is 0 Å². The third-order valence-electron chi connectivity index (χ3n) is 5.49. The largest absolute Gasteiger partial charge is 0.507 e. The molecule has 1 aromatic heterocycles. The van der Waals surface area contributed by atoms with Crippen molar-refractivity contribution in [2.24, 2.45) is 0 Å². The summed E-state index contributed by atoms with van der Waals surface area (Å²) in [5.41, 5.74) is 2.83. The molecule has 0 saturated carbocycles. The van der Waals surface area contributed by atoms with Crippen molar-refractivity contribution in [3.63, 3.8) is 0 Å². The molecule has 0 spiro atoms. The number of aliphatic hydroxyl groups is 1. The molecule has 8 heteroatoms. The summed E-state index contributed by atoms with van der Waals surface area (Å²) in [4.78, 5) is 33.1. The van der Waals surface area contributed by atoms with Gasteiger partial charge in [0.2, 0.25) is 0 Å². The minimum atomic E-state index is -0.818. The van der Waals surface area contributed by atoms with Crippen LogP contribution in [0.1, 0.15) is 33.3 Å². The Morgan fingerprint density at radius 1 is 1.12 bits per heavy atom. The van der Waals surface area contributed by atoms with Crippen LogP contribution in [-0.4, -0.2) is 28.9 Å². The molecule has 0 radical (unpaired) electrons. The van der Waals surface area contributed by atoms with Crippen LogP contribution < -0.4 is 9.64 Å². The molecule has 0 aliphatic carbocycles. The van der Waals surface area contributed by atoms with Crippen LogP contribution >= 0.6 is 22.9 Å². The Hall–Kier alpha value is -3.16. The predicted octanol–water partition coefficient (Wildman–Crippen LogP) is 5.36. The highest BCUT2D eigenvalue weighted by Crippen LogP contribution is 2.44. The molecular formula is C24H21ClN2O4S. The number of amides is 1. The molecule has 2 heterocycles. The summed E-state index contributed by atoms with van der Waals surface area (Å²) in [7, 11) is 1.49. The monoisotopic (exact) mass is 468 g/mol. The van der Waals surface area contributed by atoms with E-state index in [-0.39, 0.29) is 16.4 Å². The summed E-state index contributed by atoms with van der Waals surface area (Å²) < 4.78 is 5.17. The maximum Gasteiger partial charge on any atom is 0.301 e.